The Bertz CT molecular complexity index is 646. The second-order valence-corrected chi connectivity index (χ2v) is 4.58. The van der Waals surface area contributed by atoms with Gasteiger partial charge in [-0.25, -0.2) is 4.39 Å². The number of alkyl halides is 1. The number of halogens is 1. The molecule has 0 atom stereocenters. The third-order valence-corrected chi connectivity index (χ3v) is 3.46. The molecule has 1 aromatic heterocycles. The van der Waals surface area contributed by atoms with Gasteiger partial charge in [-0.1, -0.05) is 6.07 Å². The summed E-state index contributed by atoms with van der Waals surface area (Å²) in [6.45, 7) is -0.847. The fourth-order valence-corrected chi connectivity index (χ4v) is 2.60. The van der Waals surface area contributed by atoms with Crippen LogP contribution in [0.15, 0.2) is 41.2 Å². The van der Waals surface area contributed by atoms with Crippen molar-refractivity contribution in [3.05, 3.63) is 58.0 Å². The van der Waals surface area contributed by atoms with E-state index in [4.69, 9.17) is 4.74 Å². The second-order valence-electron chi connectivity index (χ2n) is 4.58. The fourth-order valence-electron chi connectivity index (χ4n) is 2.60. The maximum atomic E-state index is 12.1. The van der Waals surface area contributed by atoms with Crippen molar-refractivity contribution in [1.82, 2.24) is 4.57 Å². The lowest BCUT2D eigenvalue weighted by Crippen LogP contribution is -2.20. The van der Waals surface area contributed by atoms with E-state index in [2.05, 4.69) is 0 Å². The number of aromatic nitrogens is 1. The normalized spacial score (nSPS) is 13.3. The lowest BCUT2D eigenvalue weighted by molar-refractivity contribution is 0.192. The summed E-state index contributed by atoms with van der Waals surface area (Å²) < 4.78 is 18.6. The SMILES string of the molecule is O=c1ccc2c(n1-c1ccc(OCF)cc1)CCC2. The summed E-state index contributed by atoms with van der Waals surface area (Å²) in [6, 6.07) is 10.4. The van der Waals surface area contributed by atoms with Crippen LogP contribution in [0.5, 0.6) is 5.75 Å². The van der Waals surface area contributed by atoms with Crippen molar-refractivity contribution in [1.29, 1.82) is 0 Å². The topological polar surface area (TPSA) is 31.2 Å². The average Bonchev–Trinajstić information content (AvgIpc) is 2.88. The van der Waals surface area contributed by atoms with E-state index in [0.29, 0.717) is 5.75 Å². The van der Waals surface area contributed by atoms with Crippen LogP contribution in [0.3, 0.4) is 0 Å². The number of nitrogens with zero attached hydrogens (tertiary/aromatic N) is 1. The predicted octanol–water partition coefficient (Wildman–Crippen LogP) is 2.63. The van der Waals surface area contributed by atoms with Crippen LogP contribution in [0.25, 0.3) is 5.69 Å². The third kappa shape index (κ3) is 2.14. The molecule has 4 heteroatoms. The van der Waals surface area contributed by atoms with Gasteiger partial charge in [0.2, 0.25) is 6.86 Å². The number of fused-ring (bicyclic) bond motifs is 1. The molecule has 0 unspecified atom stereocenters. The van der Waals surface area contributed by atoms with Gasteiger partial charge in [-0.3, -0.25) is 9.36 Å². The van der Waals surface area contributed by atoms with Crippen LogP contribution in [0.1, 0.15) is 17.7 Å². The molecule has 0 aliphatic heterocycles. The number of pyridine rings is 1. The smallest absolute Gasteiger partial charge is 0.255 e. The molecule has 19 heavy (non-hydrogen) atoms. The minimum atomic E-state index is -0.847. The zero-order chi connectivity index (χ0) is 13.2. The number of ether oxygens (including phenoxy) is 1. The monoisotopic (exact) mass is 259 g/mol. The average molecular weight is 259 g/mol. The maximum Gasteiger partial charge on any atom is 0.255 e. The number of rotatable bonds is 3. The zero-order valence-corrected chi connectivity index (χ0v) is 10.4. The van der Waals surface area contributed by atoms with Gasteiger partial charge in [-0.2, -0.15) is 0 Å². The van der Waals surface area contributed by atoms with E-state index in [1.54, 1.807) is 34.9 Å². The van der Waals surface area contributed by atoms with Gasteiger partial charge in [-0.05, 0) is 49.1 Å². The molecule has 0 saturated carbocycles. The molecule has 0 spiro atoms. The van der Waals surface area contributed by atoms with Gasteiger partial charge in [0, 0.05) is 17.4 Å². The van der Waals surface area contributed by atoms with E-state index in [1.807, 2.05) is 6.07 Å². The predicted molar refractivity (Wildman–Crippen MR) is 70.7 cm³/mol. The highest BCUT2D eigenvalue weighted by Gasteiger charge is 2.16. The van der Waals surface area contributed by atoms with Crippen molar-refractivity contribution < 1.29 is 9.13 Å². The Morgan fingerprint density at radius 2 is 1.89 bits per heavy atom. The van der Waals surface area contributed by atoms with Crippen LogP contribution in [-0.2, 0) is 12.8 Å². The minimum Gasteiger partial charge on any atom is -0.463 e. The van der Waals surface area contributed by atoms with E-state index >= 15 is 0 Å². The molecule has 0 fully saturated rings. The molecule has 0 amide bonds. The Hall–Kier alpha value is -2.10. The molecular formula is C15H14FNO2. The zero-order valence-electron chi connectivity index (χ0n) is 10.4. The summed E-state index contributed by atoms with van der Waals surface area (Å²) in [4.78, 5) is 12.1. The number of hydrogen-bond acceptors (Lipinski definition) is 2. The molecule has 0 bridgehead atoms. The Morgan fingerprint density at radius 1 is 1.11 bits per heavy atom. The number of hydrogen-bond donors (Lipinski definition) is 0. The van der Waals surface area contributed by atoms with Crippen molar-refractivity contribution in [3.63, 3.8) is 0 Å². The van der Waals surface area contributed by atoms with Gasteiger partial charge in [0.15, 0.2) is 0 Å². The maximum absolute atomic E-state index is 12.1. The van der Waals surface area contributed by atoms with E-state index < -0.39 is 6.86 Å². The first-order valence-corrected chi connectivity index (χ1v) is 6.32. The van der Waals surface area contributed by atoms with Crippen LogP contribution >= 0.6 is 0 Å². The molecule has 1 aromatic carbocycles. The van der Waals surface area contributed by atoms with Crippen LogP contribution < -0.4 is 10.3 Å². The summed E-state index contributed by atoms with van der Waals surface area (Å²) in [7, 11) is 0. The van der Waals surface area contributed by atoms with Crippen molar-refractivity contribution in [3.8, 4) is 11.4 Å². The molecule has 0 radical (unpaired) electrons. The van der Waals surface area contributed by atoms with Gasteiger partial charge in [0.25, 0.3) is 5.56 Å². The molecule has 1 aliphatic carbocycles. The van der Waals surface area contributed by atoms with E-state index in [0.717, 1.165) is 30.6 Å². The van der Waals surface area contributed by atoms with Crippen molar-refractivity contribution in [2.45, 2.75) is 19.3 Å². The number of aryl methyl sites for hydroxylation is 1. The lowest BCUT2D eigenvalue weighted by atomic mass is 10.2. The summed E-state index contributed by atoms with van der Waals surface area (Å²) in [5.41, 5.74) is 3.10. The van der Waals surface area contributed by atoms with Gasteiger partial charge in [0.05, 0.1) is 0 Å². The largest absolute Gasteiger partial charge is 0.463 e. The van der Waals surface area contributed by atoms with Crippen LogP contribution in [0, 0.1) is 0 Å². The molecule has 1 aliphatic rings. The summed E-state index contributed by atoms with van der Waals surface area (Å²) in [6.07, 6.45) is 3.04. The second kappa shape index (κ2) is 4.88. The summed E-state index contributed by atoms with van der Waals surface area (Å²) in [5.74, 6) is 0.465. The molecule has 2 aromatic rings. The summed E-state index contributed by atoms with van der Waals surface area (Å²) >= 11 is 0. The first-order chi connectivity index (χ1) is 9.29. The van der Waals surface area contributed by atoms with Gasteiger partial charge in [-0.15, -0.1) is 0 Å². The quantitative estimate of drug-likeness (QED) is 0.848. The molecule has 98 valence electrons. The van der Waals surface area contributed by atoms with Crippen molar-refractivity contribution >= 4 is 0 Å². The highest BCUT2D eigenvalue weighted by atomic mass is 19.1. The first-order valence-electron chi connectivity index (χ1n) is 6.32. The fraction of sp³-hybridized carbons (Fsp3) is 0.267. The van der Waals surface area contributed by atoms with Crippen molar-refractivity contribution in [2.75, 3.05) is 6.86 Å². The van der Waals surface area contributed by atoms with Gasteiger partial charge >= 0.3 is 0 Å². The Balaban J connectivity index is 2.07. The van der Waals surface area contributed by atoms with E-state index in [9.17, 15) is 9.18 Å². The van der Waals surface area contributed by atoms with E-state index in [1.165, 1.54) is 5.56 Å². The number of benzene rings is 1. The van der Waals surface area contributed by atoms with Gasteiger partial charge < -0.3 is 4.74 Å². The van der Waals surface area contributed by atoms with Crippen LogP contribution in [-0.4, -0.2) is 11.4 Å². The molecule has 3 rings (SSSR count). The van der Waals surface area contributed by atoms with Crippen LogP contribution in [0.4, 0.5) is 4.39 Å². The van der Waals surface area contributed by atoms with Crippen molar-refractivity contribution in [2.24, 2.45) is 0 Å². The molecule has 0 saturated heterocycles. The molecular weight excluding hydrogens is 245 g/mol. The third-order valence-electron chi connectivity index (χ3n) is 3.46. The lowest BCUT2D eigenvalue weighted by Gasteiger charge is -2.12. The Labute approximate surface area is 110 Å². The highest BCUT2D eigenvalue weighted by Crippen LogP contribution is 2.23. The Morgan fingerprint density at radius 3 is 2.63 bits per heavy atom. The molecule has 3 nitrogen and oxygen atoms in total. The Kier molecular flexibility index (Phi) is 3.07. The minimum absolute atomic E-state index is 0.0280. The highest BCUT2D eigenvalue weighted by molar-refractivity contribution is 5.41. The van der Waals surface area contributed by atoms with Gasteiger partial charge in [0.1, 0.15) is 5.75 Å². The van der Waals surface area contributed by atoms with E-state index in [-0.39, 0.29) is 5.56 Å². The standard InChI is InChI=1S/C15H14FNO2/c16-10-19-13-7-5-12(6-8-13)17-14-3-1-2-11(14)4-9-15(17)18/h4-9H,1-3,10H2. The summed E-state index contributed by atoms with van der Waals surface area (Å²) in [5, 5.41) is 0. The van der Waals surface area contributed by atoms with Crippen LogP contribution in [0.2, 0.25) is 0 Å². The molecule has 0 N–H and O–H groups in total. The first kappa shape index (κ1) is 12.0. The molecule has 1 heterocycles.